The van der Waals surface area contributed by atoms with Gasteiger partial charge in [0.05, 0.1) is 6.10 Å². The molecule has 0 saturated carbocycles. The van der Waals surface area contributed by atoms with Crippen LogP contribution in [0.15, 0.2) is 0 Å². The van der Waals surface area contributed by atoms with Gasteiger partial charge in [0.2, 0.25) is 0 Å². The summed E-state index contributed by atoms with van der Waals surface area (Å²) in [6.45, 7) is 1.83. The molecule has 1 heterocycles. The summed E-state index contributed by atoms with van der Waals surface area (Å²) in [6.07, 6.45) is -2.39. The largest absolute Gasteiger partial charge is 0.387 e. The van der Waals surface area contributed by atoms with Crippen LogP contribution in [-0.4, -0.2) is 57.1 Å². The van der Waals surface area contributed by atoms with Gasteiger partial charge in [0.1, 0.15) is 18.3 Å². The van der Waals surface area contributed by atoms with Gasteiger partial charge in [-0.3, -0.25) is 0 Å². The van der Waals surface area contributed by atoms with Crippen LogP contribution in [-0.2, 0) is 18.9 Å². The normalized spacial score (nSPS) is 43.9. The van der Waals surface area contributed by atoms with E-state index in [9.17, 15) is 5.11 Å². The second kappa shape index (κ2) is 5.04. The molecule has 0 bridgehead atoms. The van der Waals surface area contributed by atoms with Crippen molar-refractivity contribution >= 4 is 0 Å². The molecule has 5 unspecified atom stereocenters. The maximum atomic E-state index is 9.89. The lowest BCUT2D eigenvalue weighted by Crippen LogP contribution is -2.58. The van der Waals surface area contributed by atoms with Crippen LogP contribution in [0.5, 0.6) is 0 Å². The van der Waals surface area contributed by atoms with E-state index in [-0.39, 0.29) is 12.2 Å². The molecule has 5 nitrogen and oxygen atoms in total. The lowest BCUT2D eigenvalue weighted by Gasteiger charge is -2.41. The van der Waals surface area contributed by atoms with E-state index >= 15 is 0 Å². The molecule has 14 heavy (non-hydrogen) atoms. The van der Waals surface area contributed by atoms with Gasteiger partial charge in [-0.25, -0.2) is 0 Å². The van der Waals surface area contributed by atoms with E-state index < -0.39 is 18.5 Å². The molecule has 1 aliphatic rings. The Balaban J connectivity index is 2.72. The Labute approximate surface area is 83.9 Å². The molecule has 0 spiro atoms. The Hall–Kier alpha value is -0.200. The summed E-state index contributed by atoms with van der Waals surface area (Å²) in [5, 5.41) is 9.89. The second-order valence-corrected chi connectivity index (χ2v) is 3.34. The van der Waals surface area contributed by atoms with Crippen LogP contribution < -0.4 is 0 Å². The highest BCUT2D eigenvalue weighted by atomic mass is 16.7. The van der Waals surface area contributed by atoms with E-state index in [0.717, 1.165) is 0 Å². The number of hydrogen-bond acceptors (Lipinski definition) is 5. The van der Waals surface area contributed by atoms with Crippen molar-refractivity contribution in [2.45, 2.75) is 37.6 Å². The fourth-order valence-corrected chi connectivity index (χ4v) is 1.76. The predicted molar refractivity (Wildman–Crippen MR) is 48.9 cm³/mol. The summed E-state index contributed by atoms with van der Waals surface area (Å²) in [7, 11) is 4.56. The lowest BCUT2D eigenvalue weighted by atomic mass is 9.99. The average molecular weight is 206 g/mol. The zero-order valence-electron chi connectivity index (χ0n) is 8.97. The SMILES string of the molecule is COC1OC(C)C(OC)C(O)C1OC. The van der Waals surface area contributed by atoms with Crippen LogP contribution in [0.1, 0.15) is 6.92 Å². The lowest BCUT2D eigenvalue weighted by molar-refractivity contribution is -0.294. The molecule has 0 aliphatic carbocycles. The molecule has 1 N–H and O–H groups in total. The Kier molecular flexibility index (Phi) is 4.28. The quantitative estimate of drug-likeness (QED) is 0.691. The molecule has 0 aromatic carbocycles. The van der Waals surface area contributed by atoms with Gasteiger partial charge in [0, 0.05) is 21.3 Å². The van der Waals surface area contributed by atoms with Gasteiger partial charge in [-0.2, -0.15) is 0 Å². The molecule has 1 aliphatic heterocycles. The zero-order valence-corrected chi connectivity index (χ0v) is 8.97. The standard InChI is InChI=1S/C9H18O5/c1-5-7(11-2)6(10)8(12-3)9(13-4)14-5/h5-10H,1-4H3. The van der Waals surface area contributed by atoms with Crippen LogP contribution in [0.25, 0.3) is 0 Å². The smallest absolute Gasteiger partial charge is 0.186 e. The molecule has 1 fully saturated rings. The Morgan fingerprint density at radius 1 is 1.00 bits per heavy atom. The first-order chi connectivity index (χ1) is 6.65. The van der Waals surface area contributed by atoms with Gasteiger partial charge in [-0.15, -0.1) is 0 Å². The van der Waals surface area contributed by atoms with E-state index in [1.54, 1.807) is 0 Å². The molecule has 5 heteroatoms. The highest BCUT2D eigenvalue weighted by molar-refractivity contribution is 4.89. The first kappa shape index (κ1) is 11.9. The molecule has 84 valence electrons. The number of aliphatic hydroxyl groups is 1. The third-order valence-electron chi connectivity index (χ3n) is 2.53. The summed E-state index contributed by atoms with van der Waals surface area (Å²) < 4.78 is 20.8. The van der Waals surface area contributed by atoms with Crippen LogP contribution in [0.4, 0.5) is 0 Å². The van der Waals surface area contributed by atoms with Crippen molar-refractivity contribution < 1.29 is 24.1 Å². The number of hydrogen-bond donors (Lipinski definition) is 1. The number of methoxy groups -OCH3 is 3. The molecular formula is C9H18O5. The van der Waals surface area contributed by atoms with Gasteiger partial charge in [-0.05, 0) is 6.92 Å². The van der Waals surface area contributed by atoms with E-state index in [1.165, 1.54) is 21.3 Å². The van der Waals surface area contributed by atoms with Crippen molar-refractivity contribution in [1.29, 1.82) is 0 Å². The van der Waals surface area contributed by atoms with E-state index in [4.69, 9.17) is 18.9 Å². The molecular weight excluding hydrogens is 188 g/mol. The summed E-state index contributed by atoms with van der Waals surface area (Å²) in [4.78, 5) is 0. The molecule has 1 saturated heterocycles. The molecule has 0 radical (unpaired) electrons. The minimum atomic E-state index is -0.737. The van der Waals surface area contributed by atoms with E-state index in [2.05, 4.69) is 0 Å². The van der Waals surface area contributed by atoms with Gasteiger partial charge in [-0.1, -0.05) is 0 Å². The first-order valence-corrected chi connectivity index (χ1v) is 4.57. The Morgan fingerprint density at radius 3 is 2.00 bits per heavy atom. The van der Waals surface area contributed by atoms with Gasteiger partial charge in [0.25, 0.3) is 0 Å². The van der Waals surface area contributed by atoms with Gasteiger partial charge >= 0.3 is 0 Å². The first-order valence-electron chi connectivity index (χ1n) is 4.57. The number of rotatable bonds is 3. The summed E-state index contributed by atoms with van der Waals surface area (Å²) in [5.41, 5.74) is 0. The van der Waals surface area contributed by atoms with Crippen molar-refractivity contribution in [2.24, 2.45) is 0 Å². The van der Waals surface area contributed by atoms with Gasteiger partial charge < -0.3 is 24.1 Å². The van der Waals surface area contributed by atoms with Crippen LogP contribution >= 0.6 is 0 Å². The van der Waals surface area contributed by atoms with Crippen molar-refractivity contribution in [3.05, 3.63) is 0 Å². The fraction of sp³-hybridized carbons (Fsp3) is 1.00. The van der Waals surface area contributed by atoms with Crippen LogP contribution in [0, 0.1) is 0 Å². The average Bonchev–Trinajstić information content (AvgIpc) is 2.17. The third kappa shape index (κ3) is 2.07. The summed E-state index contributed by atoms with van der Waals surface area (Å²) >= 11 is 0. The Morgan fingerprint density at radius 2 is 1.57 bits per heavy atom. The van der Waals surface area contributed by atoms with Crippen molar-refractivity contribution in [2.75, 3.05) is 21.3 Å². The minimum absolute atomic E-state index is 0.216. The molecule has 0 amide bonds. The molecule has 1 rings (SSSR count). The molecule has 0 aromatic heterocycles. The van der Waals surface area contributed by atoms with E-state index in [1.807, 2.05) is 6.92 Å². The minimum Gasteiger partial charge on any atom is -0.387 e. The van der Waals surface area contributed by atoms with Crippen molar-refractivity contribution in [3.63, 3.8) is 0 Å². The fourth-order valence-electron chi connectivity index (χ4n) is 1.76. The zero-order chi connectivity index (χ0) is 10.7. The topological polar surface area (TPSA) is 57.2 Å². The predicted octanol–water partition coefficient (Wildman–Crippen LogP) is -0.231. The summed E-state index contributed by atoms with van der Waals surface area (Å²) in [6, 6.07) is 0. The highest BCUT2D eigenvalue weighted by Gasteiger charge is 2.44. The highest BCUT2D eigenvalue weighted by Crippen LogP contribution is 2.24. The van der Waals surface area contributed by atoms with Crippen molar-refractivity contribution in [3.8, 4) is 0 Å². The summed E-state index contributed by atoms with van der Waals surface area (Å²) in [5.74, 6) is 0. The van der Waals surface area contributed by atoms with Crippen LogP contribution in [0.2, 0.25) is 0 Å². The number of aliphatic hydroxyl groups excluding tert-OH is 1. The Bertz CT molecular complexity index is 175. The van der Waals surface area contributed by atoms with Gasteiger partial charge in [0.15, 0.2) is 6.29 Å². The monoisotopic (exact) mass is 206 g/mol. The number of ether oxygens (including phenoxy) is 4. The second-order valence-electron chi connectivity index (χ2n) is 3.34. The van der Waals surface area contributed by atoms with Crippen LogP contribution in [0.3, 0.4) is 0 Å². The molecule has 0 aromatic rings. The van der Waals surface area contributed by atoms with Crippen molar-refractivity contribution in [1.82, 2.24) is 0 Å². The maximum absolute atomic E-state index is 9.89. The molecule has 5 atom stereocenters. The third-order valence-corrected chi connectivity index (χ3v) is 2.53. The van der Waals surface area contributed by atoms with E-state index in [0.29, 0.717) is 0 Å². The maximum Gasteiger partial charge on any atom is 0.186 e.